The Labute approximate surface area is 145 Å². The molecule has 0 aliphatic carbocycles. The van der Waals surface area contributed by atoms with Gasteiger partial charge < -0.3 is 19.9 Å². The van der Waals surface area contributed by atoms with E-state index in [0.29, 0.717) is 31.9 Å². The van der Waals surface area contributed by atoms with Gasteiger partial charge in [-0.15, -0.1) is 0 Å². The topological polar surface area (TPSA) is 96.0 Å². The van der Waals surface area contributed by atoms with Crippen molar-refractivity contribution in [3.63, 3.8) is 0 Å². The highest BCUT2D eigenvalue weighted by Crippen LogP contribution is 2.16. The Kier molecular flexibility index (Phi) is 6.10. The van der Waals surface area contributed by atoms with Gasteiger partial charge in [-0.2, -0.15) is 0 Å². The fourth-order valence-corrected chi connectivity index (χ4v) is 2.59. The maximum Gasteiger partial charge on any atom is 0.339 e. The number of rotatable bonds is 4. The first kappa shape index (κ1) is 18.4. The van der Waals surface area contributed by atoms with Crippen molar-refractivity contribution in [2.45, 2.75) is 13.3 Å². The standard InChI is InChI=1S/C17H21N3O5/c1-12(21)19-7-9-20(10-8-19)16(23)11-15(22)18-14-6-4-3-5-13(14)17(24)25-2/h3-6H,7-11H2,1-2H3,(H,18,22). The molecule has 1 fully saturated rings. The first-order valence-corrected chi connectivity index (χ1v) is 7.93. The van der Waals surface area contributed by atoms with Gasteiger partial charge in [0, 0.05) is 33.1 Å². The maximum absolute atomic E-state index is 12.2. The first-order valence-electron chi connectivity index (χ1n) is 7.93. The van der Waals surface area contributed by atoms with Gasteiger partial charge in [-0.3, -0.25) is 14.4 Å². The minimum Gasteiger partial charge on any atom is -0.465 e. The summed E-state index contributed by atoms with van der Waals surface area (Å²) in [5, 5.41) is 2.57. The maximum atomic E-state index is 12.2. The van der Waals surface area contributed by atoms with Crippen molar-refractivity contribution in [2.24, 2.45) is 0 Å². The minimum atomic E-state index is -0.567. The molecule has 1 heterocycles. The lowest BCUT2D eigenvalue weighted by atomic mass is 10.1. The van der Waals surface area contributed by atoms with E-state index in [-0.39, 0.29) is 23.8 Å². The Bertz CT molecular complexity index is 681. The molecule has 0 bridgehead atoms. The summed E-state index contributed by atoms with van der Waals surface area (Å²) < 4.78 is 4.67. The van der Waals surface area contributed by atoms with Gasteiger partial charge in [0.05, 0.1) is 18.4 Å². The molecule has 1 aromatic carbocycles. The lowest BCUT2D eigenvalue weighted by molar-refractivity contribution is -0.140. The third-order valence-corrected chi connectivity index (χ3v) is 4.00. The van der Waals surface area contributed by atoms with Crippen LogP contribution >= 0.6 is 0 Å². The zero-order chi connectivity index (χ0) is 18.4. The summed E-state index contributed by atoms with van der Waals surface area (Å²) >= 11 is 0. The fraction of sp³-hybridized carbons (Fsp3) is 0.412. The molecule has 1 aliphatic rings. The molecule has 3 amide bonds. The monoisotopic (exact) mass is 347 g/mol. The predicted molar refractivity (Wildman–Crippen MR) is 89.9 cm³/mol. The van der Waals surface area contributed by atoms with Gasteiger partial charge in [0.25, 0.3) is 0 Å². The molecule has 1 saturated heterocycles. The van der Waals surface area contributed by atoms with Gasteiger partial charge in [0.2, 0.25) is 17.7 Å². The highest BCUT2D eigenvalue weighted by molar-refractivity contribution is 6.06. The summed E-state index contributed by atoms with van der Waals surface area (Å²) in [7, 11) is 1.26. The summed E-state index contributed by atoms with van der Waals surface area (Å²) in [4.78, 5) is 50.5. The van der Waals surface area contributed by atoms with E-state index in [0.717, 1.165) is 0 Å². The zero-order valence-corrected chi connectivity index (χ0v) is 14.3. The predicted octanol–water partition coefficient (Wildman–Crippen LogP) is 0.492. The highest BCUT2D eigenvalue weighted by atomic mass is 16.5. The van der Waals surface area contributed by atoms with E-state index in [9.17, 15) is 19.2 Å². The van der Waals surface area contributed by atoms with E-state index in [4.69, 9.17) is 0 Å². The number of esters is 1. The summed E-state index contributed by atoms with van der Waals surface area (Å²) in [5.41, 5.74) is 0.523. The van der Waals surface area contributed by atoms with Crippen molar-refractivity contribution in [2.75, 3.05) is 38.6 Å². The van der Waals surface area contributed by atoms with E-state index >= 15 is 0 Å². The number of amides is 3. The number of carbonyl (C=O) groups excluding carboxylic acids is 4. The number of hydrogen-bond acceptors (Lipinski definition) is 5. The van der Waals surface area contributed by atoms with Crippen LogP contribution in [0.25, 0.3) is 0 Å². The van der Waals surface area contributed by atoms with Gasteiger partial charge >= 0.3 is 5.97 Å². The number of nitrogens with one attached hydrogen (secondary N) is 1. The number of methoxy groups -OCH3 is 1. The first-order chi connectivity index (χ1) is 11.9. The number of carbonyl (C=O) groups is 4. The van der Waals surface area contributed by atoms with Crippen molar-refractivity contribution < 1.29 is 23.9 Å². The Balaban J connectivity index is 1.92. The van der Waals surface area contributed by atoms with Gasteiger partial charge in [0.1, 0.15) is 6.42 Å². The summed E-state index contributed by atoms with van der Waals surface area (Å²) in [5.74, 6) is -1.40. The Hall–Kier alpha value is -2.90. The average molecular weight is 347 g/mol. The van der Waals surface area contributed by atoms with Crippen LogP contribution in [-0.2, 0) is 19.1 Å². The third kappa shape index (κ3) is 4.79. The van der Waals surface area contributed by atoms with Crippen LogP contribution in [0.2, 0.25) is 0 Å². The van der Waals surface area contributed by atoms with E-state index < -0.39 is 11.9 Å². The van der Waals surface area contributed by atoms with Gasteiger partial charge in [-0.25, -0.2) is 4.79 Å². The molecular weight excluding hydrogens is 326 g/mol. The zero-order valence-electron chi connectivity index (χ0n) is 14.3. The largest absolute Gasteiger partial charge is 0.465 e. The van der Waals surface area contributed by atoms with Crippen molar-refractivity contribution in [1.82, 2.24) is 9.80 Å². The second kappa shape index (κ2) is 8.27. The number of anilines is 1. The Morgan fingerprint density at radius 3 is 2.24 bits per heavy atom. The van der Waals surface area contributed by atoms with Crippen LogP contribution in [0, 0.1) is 0 Å². The molecule has 0 radical (unpaired) electrons. The summed E-state index contributed by atoms with van der Waals surface area (Å²) in [6.07, 6.45) is -0.324. The highest BCUT2D eigenvalue weighted by Gasteiger charge is 2.24. The molecule has 0 spiro atoms. The lowest BCUT2D eigenvalue weighted by Gasteiger charge is -2.34. The van der Waals surface area contributed by atoms with Gasteiger partial charge in [-0.1, -0.05) is 12.1 Å². The molecule has 2 rings (SSSR count). The van der Waals surface area contributed by atoms with Gasteiger partial charge in [0.15, 0.2) is 0 Å². The van der Waals surface area contributed by atoms with E-state index in [1.807, 2.05) is 0 Å². The second-order valence-corrected chi connectivity index (χ2v) is 5.65. The van der Waals surface area contributed by atoms with Crippen molar-refractivity contribution in [3.8, 4) is 0 Å². The van der Waals surface area contributed by atoms with Crippen LogP contribution in [0.3, 0.4) is 0 Å². The molecule has 8 nitrogen and oxygen atoms in total. The quantitative estimate of drug-likeness (QED) is 0.632. The molecule has 1 N–H and O–H groups in total. The van der Waals surface area contributed by atoms with E-state index in [1.165, 1.54) is 20.1 Å². The van der Waals surface area contributed by atoms with Crippen molar-refractivity contribution >= 4 is 29.4 Å². The normalized spacial score (nSPS) is 14.0. The number of nitrogens with zero attached hydrogens (tertiary/aromatic N) is 2. The Morgan fingerprint density at radius 2 is 1.64 bits per heavy atom. The average Bonchev–Trinajstić information content (AvgIpc) is 2.61. The van der Waals surface area contributed by atoms with Crippen LogP contribution in [-0.4, -0.2) is 66.8 Å². The van der Waals surface area contributed by atoms with Crippen molar-refractivity contribution in [3.05, 3.63) is 29.8 Å². The van der Waals surface area contributed by atoms with Crippen LogP contribution in [0.5, 0.6) is 0 Å². The van der Waals surface area contributed by atoms with Gasteiger partial charge in [-0.05, 0) is 12.1 Å². The molecule has 25 heavy (non-hydrogen) atoms. The third-order valence-electron chi connectivity index (χ3n) is 4.00. The molecule has 0 saturated carbocycles. The van der Waals surface area contributed by atoms with Crippen LogP contribution in [0.15, 0.2) is 24.3 Å². The lowest BCUT2D eigenvalue weighted by Crippen LogP contribution is -2.50. The minimum absolute atomic E-state index is 0.0238. The molecule has 0 unspecified atom stereocenters. The fourth-order valence-electron chi connectivity index (χ4n) is 2.59. The Morgan fingerprint density at radius 1 is 1.04 bits per heavy atom. The number of piperazine rings is 1. The molecule has 134 valence electrons. The summed E-state index contributed by atoms with van der Waals surface area (Å²) in [6.45, 7) is 3.24. The number of para-hydroxylation sites is 1. The van der Waals surface area contributed by atoms with Crippen LogP contribution in [0.1, 0.15) is 23.7 Å². The number of benzene rings is 1. The SMILES string of the molecule is COC(=O)c1ccccc1NC(=O)CC(=O)N1CCN(C(C)=O)CC1. The number of hydrogen-bond donors (Lipinski definition) is 1. The molecular formula is C17H21N3O5. The molecule has 0 atom stereocenters. The van der Waals surface area contributed by atoms with Crippen molar-refractivity contribution in [1.29, 1.82) is 0 Å². The second-order valence-electron chi connectivity index (χ2n) is 5.65. The van der Waals surface area contributed by atoms with E-state index in [2.05, 4.69) is 10.1 Å². The number of ether oxygens (including phenoxy) is 1. The summed E-state index contributed by atoms with van der Waals surface area (Å²) in [6, 6.07) is 6.43. The molecule has 8 heteroatoms. The smallest absolute Gasteiger partial charge is 0.339 e. The van der Waals surface area contributed by atoms with Crippen LogP contribution in [0.4, 0.5) is 5.69 Å². The van der Waals surface area contributed by atoms with E-state index in [1.54, 1.807) is 28.0 Å². The molecule has 1 aromatic rings. The van der Waals surface area contributed by atoms with Crippen LogP contribution < -0.4 is 5.32 Å². The molecule has 0 aromatic heterocycles. The molecule has 1 aliphatic heterocycles.